The minimum Gasteiger partial charge on any atom is -0.352 e. The van der Waals surface area contributed by atoms with Crippen LogP contribution in [-0.2, 0) is 11.3 Å². The number of rotatable bonds is 4. The molecule has 0 aliphatic heterocycles. The zero-order valence-electron chi connectivity index (χ0n) is 11.5. The van der Waals surface area contributed by atoms with Crippen LogP contribution in [0.4, 0.5) is 0 Å². The molecule has 0 heterocycles. The number of hydrogen-bond acceptors (Lipinski definition) is 3. The quantitative estimate of drug-likeness (QED) is 0.683. The first-order chi connectivity index (χ1) is 9.59. The third kappa shape index (κ3) is 3.07. The van der Waals surface area contributed by atoms with Gasteiger partial charge in [0.25, 0.3) is 0 Å². The lowest BCUT2D eigenvalue weighted by atomic mass is 9.98. The molecule has 1 N–H and O–H groups in total. The number of allylic oxidation sites excluding steroid dienone is 2. The van der Waals surface area contributed by atoms with Gasteiger partial charge in [-0.05, 0) is 24.6 Å². The second-order valence-electron chi connectivity index (χ2n) is 4.78. The maximum Gasteiger partial charge on any atom is 0.379 e. The summed E-state index contributed by atoms with van der Waals surface area (Å²) in [5, 5.41) is 13.0. The molecule has 1 aromatic carbocycles. The standard InChI is InChI=1S/C15H17ClN3O/c1-11-3-5-12(6-4-11)10-18-15(20-2)8-7-13(16)9-14(15)19-17/h3-9,14,18H,10H2,1-2H3/q+1. The number of methoxy groups -OCH3 is 1. The Bertz CT molecular complexity index is 574. The van der Waals surface area contributed by atoms with Crippen molar-refractivity contribution >= 4 is 11.6 Å². The predicted molar refractivity (Wildman–Crippen MR) is 79.7 cm³/mol. The summed E-state index contributed by atoms with van der Waals surface area (Å²) in [6.45, 7) is 2.64. The van der Waals surface area contributed by atoms with Gasteiger partial charge in [-0.15, -0.1) is 0 Å². The highest BCUT2D eigenvalue weighted by Crippen LogP contribution is 2.27. The summed E-state index contributed by atoms with van der Waals surface area (Å²) in [6, 6.07) is 7.61. The Labute approximate surface area is 123 Å². The van der Waals surface area contributed by atoms with E-state index in [4.69, 9.17) is 16.3 Å². The van der Waals surface area contributed by atoms with Crippen molar-refractivity contribution in [3.63, 3.8) is 0 Å². The van der Waals surface area contributed by atoms with Crippen LogP contribution in [0.2, 0.25) is 0 Å². The van der Waals surface area contributed by atoms with Crippen molar-refractivity contribution in [2.24, 2.45) is 0 Å². The Balaban J connectivity index is 2.14. The van der Waals surface area contributed by atoms with Crippen LogP contribution < -0.4 is 5.32 Å². The van der Waals surface area contributed by atoms with Crippen molar-refractivity contribution in [3.05, 3.63) is 63.6 Å². The Morgan fingerprint density at radius 2 is 2.10 bits per heavy atom. The minimum absolute atomic E-state index is 0.526. The van der Waals surface area contributed by atoms with E-state index < -0.39 is 11.8 Å². The Morgan fingerprint density at radius 1 is 1.40 bits per heavy atom. The van der Waals surface area contributed by atoms with Crippen molar-refractivity contribution in [2.45, 2.75) is 25.2 Å². The van der Waals surface area contributed by atoms with E-state index in [9.17, 15) is 5.39 Å². The van der Waals surface area contributed by atoms with Gasteiger partial charge in [0.15, 0.2) is 0 Å². The van der Waals surface area contributed by atoms with Gasteiger partial charge in [0.1, 0.15) is 4.98 Å². The van der Waals surface area contributed by atoms with E-state index >= 15 is 0 Å². The SMILES string of the molecule is COC1(NCc2ccc(C)cc2)C=CC(Cl)=CC1[N+]#N. The summed E-state index contributed by atoms with van der Waals surface area (Å²) in [5.74, 6) is 0. The van der Waals surface area contributed by atoms with Gasteiger partial charge in [-0.3, -0.25) is 5.32 Å². The van der Waals surface area contributed by atoms with E-state index in [1.165, 1.54) is 5.56 Å². The van der Waals surface area contributed by atoms with Crippen molar-refractivity contribution in [2.75, 3.05) is 7.11 Å². The zero-order chi connectivity index (χ0) is 14.6. The van der Waals surface area contributed by atoms with Gasteiger partial charge in [-0.2, -0.15) is 0 Å². The maximum absolute atomic E-state index is 9.18. The number of benzene rings is 1. The van der Waals surface area contributed by atoms with Crippen LogP contribution in [0.25, 0.3) is 4.98 Å². The highest BCUT2D eigenvalue weighted by atomic mass is 35.5. The first-order valence-electron chi connectivity index (χ1n) is 6.36. The van der Waals surface area contributed by atoms with E-state index in [1.807, 2.05) is 19.1 Å². The highest BCUT2D eigenvalue weighted by Gasteiger charge is 2.47. The smallest absolute Gasteiger partial charge is 0.352 e. The molecule has 2 rings (SSSR count). The molecule has 0 amide bonds. The molecule has 2 unspecified atom stereocenters. The first kappa shape index (κ1) is 14.7. The van der Waals surface area contributed by atoms with Crippen molar-refractivity contribution < 1.29 is 4.74 Å². The molecular formula is C15H17ClN3O+. The third-order valence-corrected chi connectivity index (χ3v) is 3.65. The molecule has 104 valence electrons. The fraction of sp³-hybridized carbons (Fsp3) is 0.333. The van der Waals surface area contributed by atoms with Crippen LogP contribution in [0.5, 0.6) is 0 Å². The van der Waals surface area contributed by atoms with Crippen LogP contribution in [0.15, 0.2) is 47.5 Å². The molecular weight excluding hydrogens is 274 g/mol. The number of halogens is 1. The summed E-state index contributed by atoms with van der Waals surface area (Å²) in [4.78, 5) is 3.35. The van der Waals surface area contributed by atoms with E-state index in [0.717, 1.165) is 5.56 Å². The summed E-state index contributed by atoms with van der Waals surface area (Å²) in [7, 11) is 1.57. The lowest BCUT2D eigenvalue weighted by Crippen LogP contribution is -2.53. The molecule has 0 saturated carbocycles. The summed E-state index contributed by atoms with van der Waals surface area (Å²) < 4.78 is 5.52. The lowest BCUT2D eigenvalue weighted by Gasteiger charge is -2.29. The number of hydrogen-bond donors (Lipinski definition) is 1. The molecule has 0 radical (unpaired) electrons. The molecule has 4 nitrogen and oxygen atoms in total. The fourth-order valence-electron chi connectivity index (χ4n) is 2.12. The van der Waals surface area contributed by atoms with Gasteiger partial charge in [0, 0.05) is 24.8 Å². The molecule has 0 aromatic heterocycles. The van der Waals surface area contributed by atoms with E-state index in [2.05, 4.69) is 22.4 Å². The first-order valence-corrected chi connectivity index (χ1v) is 6.74. The molecule has 0 fully saturated rings. The van der Waals surface area contributed by atoms with Crippen LogP contribution in [-0.4, -0.2) is 18.9 Å². The van der Waals surface area contributed by atoms with Gasteiger partial charge < -0.3 is 4.74 Å². The Morgan fingerprint density at radius 3 is 2.70 bits per heavy atom. The van der Waals surface area contributed by atoms with Crippen LogP contribution in [0.3, 0.4) is 0 Å². The number of nitrogens with one attached hydrogen (secondary N) is 1. The molecule has 0 bridgehead atoms. The van der Waals surface area contributed by atoms with Gasteiger partial charge in [0.2, 0.25) is 11.1 Å². The zero-order valence-corrected chi connectivity index (χ0v) is 12.3. The third-order valence-electron chi connectivity index (χ3n) is 3.40. The molecule has 1 aliphatic carbocycles. The molecule has 0 spiro atoms. The normalized spacial score (nSPS) is 25.1. The fourth-order valence-corrected chi connectivity index (χ4v) is 2.30. The van der Waals surface area contributed by atoms with Crippen molar-refractivity contribution in [1.29, 1.82) is 5.39 Å². The van der Waals surface area contributed by atoms with E-state index in [-0.39, 0.29) is 0 Å². The number of aryl methyl sites for hydroxylation is 1. The van der Waals surface area contributed by atoms with Crippen LogP contribution >= 0.6 is 11.6 Å². The second kappa shape index (κ2) is 6.19. The van der Waals surface area contributed by atoms with Gasteiger partial charge >= 0.3 is 6.04 Å². The molecule has 0 saturated heterocycles. The summed E-state index contributed by atoms with van der Waals surface area (Å²) >= 11 is 5.93. The van der Waals surface area contributed by atoms with Crippen LogP contribution in [0.1, 0.15) is 11.1 Å². The summed E-state index contributed by atoms with van der Waals surface area (Å²) in [6.07, 6.45) is 5.15. The highest BCUT2D eigenvalue weighted by molar-refractivity contribution is 6.31. The largest absolute Gasteiger partial charge is 0.379 e. The number of diazo groups is 1. The van der Waals surface area contributed by atoms with E-state index in [0.29, 0.717) is 11.6 Å². The van der Waals surface area contributed by atoms with E-state index in [1.54, 1.807) is 25.3 Å². The second-order valence-corrected chi connectivity index (χ2v) is 5.22. The monoisotopic (exact) mass is 290 g/mol. The topological polar surface area (TPSA) is 49.4 Å². The average Bonchev–Trinajstić information content (AvgIpc) is 2.48. The lowest BCUT2D eigenvalue weighted by molar-refractivity contribution is -0.00231. The van der Waals surface area contributed by atoms with Crippen LogP contribution in [0, 0.1) is 12.3 Å². The van der Waals surface area contributed by atoms with Gasteiger partial charge in [-0.25, -0.2) is 0 Å². The summed E-state index contributed by atoms with van der Waals surface area (Å²) in [5.41, 5.74) is 1.45. The number of nitrogens with zero attached hydrogens (tertiary/aromatic N) is 2. The molecule has 5 heteroatoms. The molecule has 20 heavy (non-hydrogen) atoms. The Hall–Kier alpha value is -1.67. The van der Waals surface area contributed by atoms with Gasteiger partial charge in [0.05, 0.1) is 0 Å². The minimum atomic E-state index is -0.891. The maximum atomic E-state index is 9.18. The number of ether oxygens (including phenoxy) is 1. The molecule has 2 atom stereocenters. The van der Waals surface area contributed by atoms with Crippen molar-refractivity contribution in [3.8, 4) is 0 Å². The van der Waals surface area contributed by atoms with Gasteiger partial charge in [-0.1, -0.05) is 41.4 Å². The molecule has 1 aliphatic rings. The molecule has 1 aromatic rings. The average molecular weight is 291 g/mol. The predicted octanol–water partition coefficient (Wildman–Crippen LogP) is 3.34. The Kier molecular flexibility index (Phi) is 4.56. The van der Waals surface area contributed by atoms with Crippen molar-refractivity contribution in [1.82, 2.24) is 5.32 Å².